The Labute approximate surface area is 234 Å². The zero-order valence-electron chi connectivity index (χ0n) is 22.4. The van der Waals surface area contributed by atoms with Gasteiger partial charge in [0.15, 0.2) is 0 Å². The van der Waals surface area contributed by atoms with Gasteiger partial charge in [-0.25, -0.2) is 4.79 Å². The fraction of sp³-hybridized carbons (Fsp3) is 0.344. The smallest absolute Gasteiger partial charge is 0.407 e. The van der Waals surface area contributed by atoms with E-state index < -0.39 is 30.4 Å². The Balaban J connectivity index is 1.14. The number of ether oxygens (including phenoxy) is 1. The lowest BCUT2D eigenvalue weighted by molar-refractivity contribution is -0.139. The number of fused-ring (bicyclic) bond motifs is 3. The molecule has 208 valence electrons. The van der Waals surface area contributed by atoms with Gasteiger partial charge in [0, 0.05) is 25.6 Å². The third-order valence-electron chi connectivity index (χ3n) is 7.75. The molecule has 0 spiro atoms. The van der Waals surface area contributed by atoms with E-state index in [2.05, 4.69) is 39.8 Å². The van der Waals surface area contributed by atoms with E-state index in [-0.39, 0.29) is 18.4 Å². The summed E-state index contributed by atoms with van der Waals surface area (Å²) in [4.78, 5) is 39.5. The molecule has 2 unspecified atom stereocenters. The van der Waals surface area contributed by atoms with Gasteiger partial charge in [-0.1, -0.05) is 78.9 Å². The molecule has 5 rings (SSSR count). The molecule has 40 heavy (non-hydrogen) atoms. The van der Waals surface area contributed by atoms with Crippen molar-refractivity contribution in [2.75, 3.05) is 26.2 Å². The number of alkyl carbamates (subject to hydrolysis) is 1. The normalized spacial score (nSPS) is 17.4. The van der Waals surface area contributed by atoms with Crippen LogP contribution in [-0.4, -0.2) is 60.3 Å². The molecule has 0 saturated carbocycles. The Morgan fingerprint density at radius 1 is 0.925 bits per heavy atom. The van der Waals surface area contributed by atoms with Gasteiger partial charge in [-0.3, -0.25) is 14.5 Å². The first kappa shape index (κ1) is 27.4. The number of rotatable bonds is 10. The number of carboxylic acid groups (broad SMARTS) is 1. The van der Waals surface area contributed by atoms with Crippen LogP contribution in [0.15, 0.2) is 78.9 Å². The molecule has 3 aromatic rings. The first-order valence-electron chi connectivity index (χ1n) is 13.8. The number of nitrogens with zero attached hydrogens (tertiary/aromatic N) is 1. The molecular formula is C32H35N3O5. The summed E-state index contributed by atoms with van der Waals surface area (Å²) in [5.74, 6) is -1.57. The van der Waals surface area contributed by atoms with E-state index >= 15 is 0 Å². The maximum atomic E-state index is 13.0. The second kappa shape index (κ2) is 12.8. The van der Waals surface area contributed by atoms with Gasteiger partial charge in [-0.2, -0.15) is 0 Å². The number of hydrogen-bond donors (Lipinski definition) is 3. The summed E-state index contributed by atoms with van der Waals surface area (Å²) < 4.78 is 5.54. The Hall–Kier alpha value is -4.17. The van der Waals surface area contributed by atoms with Crippen molar-refractivity contribution in [2.45, 2.75) is 37.8 Å². The van der Waals surface area contributed by atoms with Crippen molar-refractivity contribution in [1.29, 1.82) is 0 Å². The number of likely N-dealkylation sites (tertiary alicyclic amines) is 1. The fourth-order valence-electron chi connectivity index (χ4n) is 5.84. The van der Waals surface area contributed by atoms with Gasteiger partial charge >= 0.3 is 12.1 Å². The molecular weight excluding hydrogens is 506 g/mol. The topological polar surface area (TPSA) is 108 Å². The highest BCUT2D eigenvalue weighted by Gasteiger charge is 2.30. The van der Waals surface area contributed by atoms with E-state index in [1.807, 2.05) is 54.6 Å². The predicted molar refractivity (Wildman–Crippen MR) is 152 cm³/mol. The molecule has 2 aliphatic rings. The van der Waals surface area contributed by atoms with Crippen molar-refractivity contribution < 1.29 is 24.2 Å². The fourth-order valence-corrected chi connectivity index (χ4v) is 5.84. The maximum Gasteiger partial charge on any atom is 0.407 e. The standard InChI is InChI=1S/C32H35N3O5/c36-30(37)17-29(31(38)33-18-23-11-8-16-35(20-23)19-22-9-2-1-3-10-22)34-32(39)40-21-28-26-14-6-4-12-24(26)25-13-5-7-15-27(25)28/h1-7,9-10,12-15,23,28-29H,8,11,16-21H2,(H,33,38)(H,34,39)(H,36,37). The largest absolute Gasteiger partial charge is 0.481 e. The molecule has 0 bridgehead atoms. The zero-order valence-corrected chi connectivity index (χ0v) is 22.4. The highest BCUT2D eigenvalue weighted by molar-refractivity contribution is 5.89. The van der Waals surface area contributed by atoms with Crippen molar-refractivity contribution in [2.24, 2.45) is 5.92 Å². The Kier molecular flexibility index (Phi) is 8.76. The van der Waals surface area contributed by atoms with Crippen LogP contribution in [0.25, 0.3) is 11.1 Å². The summed E-state index contributed by atoms with van der Waals surface area (Å²) in [5.41, 5.74) is 5.62. The molecule has 3 aromatic carbocycles. The van der Waals surface area contributed by atoms with Crippen molar-refractivity contribution in [3.63, 3.8) is 0 Å². The molecule has 1 heterocycles. The third-order valence-corrected chi connectivity index (χ3v) is 7.75. The minimum atomic E-state index is -1.22. The number of carbonyl (C=O) groups is 3. The molecule has 0 radical (unpaired) electrons. The number of piperidine rings is 1. The van der Waals surface area contributed by atoms with Gasteiger partial charge in [0.2, 0.25) is 5.91 Å². The molecule has 1 aliphatic heterocycles. The van der Waals surface area contributed by atoms with Crippen LogP contribution in [0.3, 0.4) is 0 Å². The van der Waals surface area contributed by atoms with Gasteiger partial charge in [-0.05, 0) is 53.1 Å². The Bertz CT molecular complexity index is 1300. The summed E-state index contributed by atoms with van der Waals surface area (Å²) in [6.45, 7) is 3.21. The van der Waals surface area contributed by atoms with Crippen LogP contribution in [0.2, 0.25) is 0 Å². The number of aliphatic carboxylic acids is 1. The number of amides is 2. The summed E-state index contributed by atoms with van der Waals surface area (Å²) >= 11 is 0. The van der Waals surface area contributed by atoms with E-state index in [1.165, 1.54) is 5.56 Å². The summed E-state index contributed by atoms with van der Waals surface area (Å²) in [5, 5.41) is 14.7. The van der Waals surface area contributed by atoms with E-state index in [1.54, 1.807) is 0 Å². The first-order valence-corrected chi connectivity index (χ1v) is 13.8. The van der Waals surface area contributed by atoms with Gasteiger partial charge < -0.3 is 20.5 Å². The molecule has 0 aromatic heterocycles. The molecule has 1 fully saturated rings. The van der Waals surface area contributed by atoms with Crippen molar-refractivity contribution in [3.05, 3.63) is 95.6 Å². The van der Waals surface area contributed by atoms with E-state index in [9.17, 15) is 19.5 Å². The molecule has 1 aliphatic carbocycles. The maximum absolute atomic E-state index is 13.0. The highest BCUT2D eigenvalue weighted by Crippen LogP contribution is 2.44. The lowest BCUT2D eigenvalue weighted by Gasteiger charge is -2.33. The second-order valence-electron chi connectivity index (χ2n) is 10.6. The molecule has 1 saturated heterocycles. The van der Waals surface area contributed by atoms with Gasteiger partial charge in [0.1, 0.15) is 12.6 Å². The molecule has 8 nitrogen and oxygen atoms in total. The molecule has 2 amide bonds. The van der Waals surface area contributed by atoms with Crippen LogP contribution in [0.5, 0.6) is 0 Å². The summed E-state index contributed by atoms with van der Waals surface area (Å²) in [6, 6.07) is 25.1. The highest BCUT2D eigenvalue weighted by atomic mass is 16.5. The van der Waals surface area contributed by atoms with Crippen molar-refractivity contribution in [1.82, 2.24) is 15.5 Å². The van der Waals surface area contributed by atoms with Crippen LogP contribution >= 0.6 is 0 Å². The predicted octanol–water partition coefficient (Wildman–Crippen LogP) is 4.40. The number of nitrogens with one attached hydrogen (secondary N) is 2. The van der Waals surface area contributed by atoms with Crippen molar-refractivity contribution >= 4 is 18.0 Å². The van der Waals surface area contributed by atoms with Crippen LogP contribution in [-0.2, 0) is 20.9 Å². The zero-order chi connectivity index (χ0) is 27.9. The Morgan fingerprint density at radius 3 is 2.25 bits per heavy atom. The number of carboxylic acids is 1. The first-order chi connectivity index (χ1) is 19.5. The van der Waals surface area contributed by atoms with Crippen LogP contribution < -0.4 is 10.6 Å². The van der Waals surface area contributed by atoms with E-state index in [4.69, 9.17) is 4.74 Å². The van der Waals surface area contributed by atoms with Crippen LogP contribution in [0.4, 0.5) is 4.79 Å². The number of benzene rings is 3. The monoisotopic (exact) mass is 541 g/mol. The third kappa shape index (κ3) is 6.69. The van der Waals surface area contributed by atoms with E-state index in [0.717, 1.165) is 54.7 Å². The van der Waals surface area contributed by atoms with Gasteiger partial charge in [-0.15, -0.1) is 0 Å². The summed E-state index contributed by atoms with van der Waals surface area (Å²) in [7, 11) is 0. The van der Waals surface area contributed by atoms with Crippen LogP contribution in [0.1, 0.15) is 41.9 Å². The van der Waals surface area contributed by atoms with Gasteiger partial charge in [0.05, 0.1) is 6.42 Å². The number of hydrogen-bond acceptors (Lipinski definition) is 5. The molecule has 3 N–H and O–H groups in total. The lowest BCUT2D eigenvalue weighted by Crippen LogP contribution is -2.50. The van der Waals surface area contributed by atoms with E-state index in [0.29, 0.717) is 6.54 Å². The molecule has 8 heteroatoms. The quantitative estimate of drug-likeness (QED) is 0.351. The average Bonchev–Trinajstić information content (AvgIpc) is 3.28. The minimum Gasteiger partial charge on any atom is -0.481 e. The minimum absolute atomic E-state index is 0.0839. The average molecular weight is 542 g/mol. The number of carbonyl (C=O) groups excluding carboxylic acids is 2. The lowest BCUT2D eigenvalue weighted by atomic mass is 9.97. The van der Waals surface area contributed by atoms with Crippen LogP contribution in [0, 0.1) is 5.92 Å². The summed E-state index contributed by atoms with van der Waals surface area (Å²) in [6.07, 6.45) is 0.676. The van der Waals surface area contributed by atoms with Gasteiger partial charge in [0.25, 0.3) is 0 Å². The Morgan fingerprint density at radius 2 is 1.57 bits per heavy atom. The molecule has 2 atom stereocenters. The van der Waals surface area contributed by atoms with Crippen molar-refractivity contribution in [3.8, 4) is 11.1 Å². The SMILES string of the molecule is O=C(O)CC(NC(=O)OCC1c2ccccc2-c2ccccc21)C(=O)NCC1CCCN(Cc2ccccc2)C1. The second-order valence-corrected chi connectivity index (χ2v) is 10.6.